The Kier molecular flexibility index (Phi) is 3.86. The molecule has 0 aromatic heterocycles. The maximum Gasteiger partial charge on any atom is 0.0771 e. The molecule has 66 valence electrons. The second kappa shape index (κ2) is 4.70. The Hall–Kier alpha value is -0.240. The van der Waals surface area contributed by atoms with Crippen LogP contribution in [-0.2, 0) is 0 Å². The highest BCUT2D eigenvalue weighted by Crippen LogP contribution is 2.27. The minimum Gasteiger partial charge on any atom is -0.395 e. The van der Waals surface area contributed by atoms with Gasteiger partial charge in [-0.05, 0) is 5.56 Å². The quantitative estimate of drug-likeness (QED) is 0.752. The Morgan fingerprint density at radius 3 is 2.25 bits per heavy atom. The lowest BCUT2D eigenvalue weighted by molar-refractivity contribution is 0.290. The lowest BCUT2D eigenvalue weighted by atomic mass is 10.1. The lowest BCUT2D eigenvalue weighted by Crippen LogP contribution is -2.11. The number of aliphatic hydroxyl groups excluding tert-OH is 1. The minimum atomic E-state index is -0.422. The van der Waals surface area contributed by atoms with E-state index < -0.39 is 5.38 Å². The Morgan fingerprint density at radius 2 is 1.75 bits per heavy atom. The number of hydrogen-bond acceptors (Lipinski definition) is 1. The molecule has 1 N–H and O–H groups in total. The monoisotopic (exact) mass is 204 g/mol. The van der Waals surface area contributed by atoms with Gasteiger partial charge in [0.05, 0.1) is 17.4 Å². The van der Waals surface area contributed by atoms with Crippen LogP contribution in [0.2, 0.25) is 0 Å². The van der Waals surface area contributed by atoms with Gasteiger partial charge in [0.2, 0.25) is 0 Å². The zero-order chi connectivity index (χ0) is 8.97. The van der Waals surface area contributed by atoms with Gasteiger partial charge < -0.3 is 5.11 Å². The average molecular weight is 205 g/mol. The number of halogens is 2. The molecule has 0 heterocycles. The molecular formula is C9H10Cl2O. The highest BCUT2D eigenvalue weighted by Gasteiger charge is 2.16. The van der Waals surface area contributed by atoms with Crippen molar-refractivity contribution in [1.82, 2.24) is 0 Å². The van der Waals surface area contributed by atoms with Gasteiger partial charge in [-0.15, -0.1) is 23.2 Å². The molecule has 0 saturated carbocycles. The largest absolute Gasteiger partial charge is 0.395 e. The van der Waals surface area contributed by atoms with Gasteiger partial charge in [-0.2, -0.15) is 0 Å². The molecule has 0 aliphatic heterocycles. The van der Waals surface area contributed by atoms with Gasteiger partial charge in [-0.3, -0.25) is 0 Å². The van der Waals surface area contributed by atoms with Crippen LogP contribution in [0.15, 0.2) is 30.3 Å². The van der Waals surface area contributed by atoms with Crippen molar-refractivity contribution in [3.8, 4) is 0 Å². The van der Waals surface area contributed by atoms with E-state index in [0.717, 1.165) is 5.56 Å². The van der Waals surface area contributed by atoms with Crippen LogP contribution < -0.4 is 0 Å². The summed E-state index contributed by atoms with van der Waals surface area (Å²) in [6.07, 6.45) is 0. The smallest absolute Gasteiger partial charge is 0.0771 e. The van der Waals surface area contributed by atoms with Gasteiger partial charge >= 0.3 is 0 Å². The highest BCUT2D eigenvalue weighted by molar-refractivity contribution is 6.30. The first kappa shape index (κ1) is 9.85. The molecule has 0 aliphatic carbocycles. The van der Waals surface area contributed by atoms with Gasteiger partial charge in [0.1, 0.15) is 0 Å². The lowest BCUT2D eigenvalue weighted by Gasteiger charge is -2.13. The van der Waals surface area contributed by atoms with Crippen LogP contribution in [0.25, 0.3) is 0 Å². The highest BCUT2D eigenvalue weighted by atomic mass is 35.5. The zero-order valence-corrected chi connectivity index (χ0v) is 7.96. The topological polar surface area (TPSA) is 20.2 Å². The van der Waals surface area contributed by atoms with Gasteiger partial charge in [0.25, 0.3) is 0 Å². The number of aliphatic hydroxyl groups is 1. The molecular weight excluding hydrogens is 195 g/mol. The van der Waals surface area contributed by atoms with Gasteiger partial charge in [-0.1, -0.05) is 30.3 Å². The van der Waals surface area contributed by atoms with Crippen LogP contribution in [0.1, 0.15) is 10.9 Å². The summed E-state index contributed by atoms with van der Waals surface area (Å²) in [7, 11) is 0. The molecule has 0 saturated heterocycles. The Morgan fingerprint density at radius 1 is 1.17 bits per heavy atom. The van der Waals surface area contributed by atoms with E-state index in [4.69, 9.17) is 28.3 Å². The standard InChI is InChI=1S/C9H10Cl2O/c10-8(6-12)9(11)7-4-2-1-3-5-7/h1-5,8-9,12H,6H2. The Bertz CT molecular complexity index is 225. The molecule has 12 heavy (non-hydrogen) atoms. The van der Waals surface area contributed by atoms with E-state index in [2.05, 4.69) is 0 Å². The van der Waals surface area contributed by atoms with Crippen molar-refractivity contribution in [1.29, 1.82) is 0 Å². The maximum atomic E-state index is 8.75. The number of benzene rings is 1. The molecule has 0 radical (unpaired) electrons. The second-order valence-corrected chi connectivity index (χ2v) is 3.54. The Balaban J connectivity index is 2.71. The second-order valence-electron chi connectivity index (χ2n) is 2.51. The van der Waals surface area contributed by atoms with E-state index in [1.54, 1.807) is 0 Å². The molecule has 0 fully saturated rings. The Labute approximate surface area is 81.9 Å². The van der Waals surface area contributed by atoms with Gasteiger partial charge in [-0.25, -0.2) is 0 Å². The van der Waals surface area contributed by atoms with Gasteiger partial charge in [0.15, 0.2) is 0 Å². The van der Waals surface area contributed by atoms with Crippen LogP contribution in [-0.4, -0.2) is 17.1 Å². The predicted octanol–water partition coefficient (Wildman–Crippen LogP) is 2.57. The van der Waals surface area contributed by atoms with Crippen molar-refractivity contribution in [3.05, 3.63) is 35.9 Å². The first-order valence-corrected chi connectivity index (χ1v) is 4.57. The zero-order valence-electron chi connectivity index (χ0n) is 6.45. The number of rotatable bonds is 3. The molecule has 1 nitrogen and oxygen atoms in total. The third-order valence-corrected chi connectivity index (χ3v) is 2.69. The van der Waals surface area contributed by atoms with Crippen molar-refractivity contribution < 1.29 is 5.11 Å². The van der Waals surface area contributed by atoms with Crippen LogP contribution in [0.3, 0.4) is 0 Å². The fourth-order valence-electron chi connectivity index (χ4n) is 0.938. The van der Waals surface area contributed by atoms with Crippen molar-refractivity contribution in [2.45, 2.75) is 10.8 Å². The van der Waals surface area contributed by atoms with E-state index in [9.17, 15) is 0 Å². The summed E-state index contributed by atoms with van der Waals surface area (Å²) in [5.74, 6) is 0. The molecule has 1 aromatic rings. The molecule has 1 rings (SSSR count). The van der Waals surface area contributed by atoms with E-state index in [1.807, 2.05) is 30.3 Å². The van der Waals surface area contributed by atoms with E-state index in [-0.39, 0.29) is 12.0 Å². The normalized spacial score (nSPS) is 15.6. The third-order valence-electron chi connectivity index (χ3n) is 1.61. The van der Waals surface area contributed by atoms with E-state index in [0.29, 0.717) is 0 Å². The minimum absolute atomic E-state index is 0.107. The summed E-state index contributed by atoms with van der Waals surface area (Å²) in [6, 6.07) is 9.48. The fraction of sp³-hybridized carbons (Fsp3) is 0.333. The van der Waals surface area contributed by atoms with Crippen LogP contribution in [0, 0.1) is 0 Å². The first-order chi connectivity index (χ1) is 5.75. The molecule has 2 unspecified atom stereocenters. The average Bonchev–Trinajstić information content (AvgIpc) is 2.17. The third kappa shape index (κ3) is 2.37. The molecule has 0 bridgehead atoms. The van der Waals surface area contributed by atoms with Crippen molar-refractivity contribution in [3.63, 3.8) is 0 Å². The first-order valence-electron chi connectivity index (χ1n) is 3.69. The predicted molar refractivity (Wildman–Crippen MR) is 51.8 cm³/mol. The van der Waals surface area contributed by atoms with Gasteiger partial charge in [0, 0.05) is 0 Å². The van der Waals surface area contributed by atoms with Crippen molar-refractivity contribution >= 4 is 23.2 Å². The fourth-order valence-corrected chi connectivity index (χ4v) is 1.31. The summed E-state index contributed by atoms with van der Waals surface area (Å²) in [5, 5.41) is 8.01. The van der Waals surface area contributed by atoms with Crippen molar-refractivity contribution in [2.24, 2.45) is 0 Å². The van der Waals surface area contributed by atoms with Crippen LogP contribution in [0.4, 0.5) is 0 Å². The van der Waals surface area contributed by atoms with Crippen molar-refractivity contribution in [2.75, 3.05) is 6.61 Å². The summed E-state index contributed by atoms with van der Waals surface area (Å²) >= 11 is 11.7. The number of alkyl halides is 2. The van der Waals surface area contributed by atoms with E-state index >= 15 is 0 Å². The summed E-state index contributed by atoms with van der Waals surface area (Å²) in [5.41, 5.74) is 0.938. The SMILES string of the molecule is OCC(Cl)C(Cl)c1ccccc1. The summed E-state index contributed by atoms with van der Waals surface area (Å²) in [4.78, 5) is 0. The summed E-state index contributed by atoms with van der Waals surface area (Å²) in [6.45, 7) is -0.107. The molecule has 2 atom stereocenters. The molecule has 0 amide bonds. The molecule has 0 aliphatic rings. The van der Waals surface area contributed by atoms with Crippen LogP contribution in [0.5, 0.6) is 0 Å². The molecule has 1 aromatic carbocycles. The summed E-state index contributed by atoms with van der Waals surface area (Å²) < 4.78 is 0. The van der Waals surface area contributed by atoms with Crippen LogP contribution >= 0.6 is 23.2 Å². The van der Waals surface area contributed by atoms with E-state index in [1.165, 1.54) is 0 Å². The molecule has 3 heteroatoms. The number of hydrogen-bond donors (Lipinski definition) is 1. The maximum absolute atomic E-state index is 8.75. The molecule has 0 spiro atoms.